The monoisotopic (exact) mass is 360 g/mol. The molecule has 0 radical (unpaired) electrons. The van der Waals surface area contributed by atoms with Crippen molar-refractivity contribution in [3.63, 3.8) is 0 Å². The van der Waals surface area contributed by atoms with E-state index in [4.69, 9.17) is 9.47 Å². The number of benzene rings is 1. The van der Waals surface area contributed by atoms with Crippen LogP contribution in [-0.4, -0.2) is 59.2 Å². The van der Waals surface area contributed by atoms with Crippen LogP contribution in [0.3, 0.4) is 0 Å². The fourth-order valence-electron chi connectivity index (χ4n) is 4.12. The minimum Gasteiger partial charge on any atom is -0.467 e. The predicted octanol–water partition coefficient (Wildman–Crippen LogP) is 2.81. The lowest BCUT2D eigenvalue weighted by molar-refractivity contribution is -0.158. The van der Waals surface area contributed by atoms with Crippen molar-refractivity contribution < 1.29 is 19.1 Å². The topological polar surface area (TPSA) is 59.1 Å². The number of carbonyl (C=O) groups excluding carboxylic acids is 2. The lowest BCUT2D eigenvalue weighted by atomic mass is 9.94. The minimum absolute atomic E-state index is 0.0404. The molecule has 26 heavy (non-hydrogen) atoms. The molecule has 2 aliphatic rings. The van der Waals surface area contributed by atoms with E-state index in [9.17, 15) is 9.59 Å². The molecule has 2 fully saturated rings. The molecule has 1 aromatic rings. The number of piperazine rings is 1. The molecule has 6 heteroatoms. The van der Waals surface area contributed by atoms with Gasteiger partial charge in [-0.2, -0.15) is 0 Å². The van der Waals surface area contributed by atoms with Gasteiger partial charge in [-0.25, -0.2) is 9.59 Å². The van der Waals surface area contributed by atoms with E-state index in [0.29, 0.717) is 13.0 Å². The molecule has 2 saturated heterocycles. The Kier molecular flexibility index (Phi) is 4.97. The average molecular weight is 360 g/mol. The Labute approximate surface area is 155 Å². The van der Waals surface area contributed by atoms with Gasteiger partial charge in [0.2, 0.25) is 0 Å². The quantitative estimate of drug-likeness (QED) is 0.776. The summed E-state index contributed by atoms with van der Waals surface area (Å²) in [6, 6.07) is 10.1. The number of fused-ring (bicyclic) bond motifs is 2. The maximum atomic E-state index is 12.8. The number of carbonyl (C=O) groups is 2. The lowest BCUT2D eigenvalue weighted by Gasteiger charge is -2.47. The second kappa shape index (κ2) is 6.91. The van der Waals surface area contributed by atoms with Gasteiger partial charge in [0, 0.05) is 25.7 Å². The molecular weight excluding hydrogens is 332 g/mol. The van der Waals surface area contributed by atoms with Crippen LogP contribution in [-0.2, 0) is 20.8 Å². The Morgan fingerprint density at radius 1 is 1.23 bits per heavy atom. The largest absolute Gasteiger partial charge is 0.467 e. The maximum Gasteiger partial charge on any atom is 0.411 e. The molecule has 0 aromatic heterocycles. The predicted molar refractivity (Wildman–Crippen MR) is 97.6 cm³/mol. The second-order valence-electron chi connectivity index (χ2n) is 8.22. The van der Waals surface area contributed by atoms with Crippen molar-refractivity contribution in [3.8, 4) is 0 Å². The molecule has 2 aliphatic heterocycles. The summed E-state index contributed by atoms with van der Waals surface area (Å²) in [5.74, 6) is -0.358. The number of hydrogen-bond acceptors (Lipinski definition) is 5. The highest BCUT2D eigenvalue weighted by Gasteiger charge is 2.59. The maximum absolute atomic E-state index is 12.8. The van der Waals surface area contributed by atoms with Crippen LogP contribution in [0.4, 0.5) is 4.79 Å². The van der Waals surface area contributed by atoms with E-state index in [1.807, 2.05) is 39.0 Å². The molecule has 0 aliphatic carbocycles. The fourth-order valence-corrected chi connectivity index (χ4v) is 4.12. The van der Waals surface area contributed by atoms with Gasteiger partial charge in [-0.3, -0.25) is 9.80 Å². The number of amides is 1. The number of rotatable bonds is 3. The van der Waals surface area contributed by atoms with Crippen molar-refractivity contribution in [3.05, 3.63) is 35.9 Å². The van der Waals surface area contributed by atoms with Crippen molar-refractivity contribution in [1.29, 1.82) is 0 Å². The number of ether oxygens (including phenoxy) is 2. The van der Waals surface area contributed by atoms with Gasteiger partial charge in [0.25, 0.3) is 0 Å². The Morgan fingerprint density at radius 3 is 2.54 bits per heavy atom. The number of likely N-dealkylation sites (tertiary alicyclic amines) is 1. The molecule has 2 atom stereocenters. The van der Waals surface area contributed by atoms with Crippen LogP contribution in [0.15, 0.2) is 30.3 Å². The molecule has 142 valence electrons. The van der Waals surface area contributed by atoms with Gasteiger partial charge in [-0.1, -0.05) is 30.3 Å². The average Bonchev–Trinajstić information content (AvgIpc) is 2.82. The summed E-state index contributed by atoms with van der Waals surface area (Å²) < 4.78 is 10.7. The summed E-state index contributed by atoms with van der Waals surface area (Å²) in [5, 5.41) is 0. The van der Waals surface area contributed by atoms with Crippen molar-refractivity contribution in [2.75, 3.05) is 20.2 Å². The summed E-state index contributed by atoms with van der Waals surface area (Å²) in [4.78, 5) is 29.5. The zero-order valence-corrected chi connectivity index (χ0v) is 16.0. The fraction of sp³-hybridized carbons (Fsp3) is 0.600. The molecule has 0 N–H and O–H groups in total. The van der Waals surface area contributed by atoms with Gasteiger partial charge < -0.3 is 9.47 Å². The first-order valence-electron chi connectivity index (χ1n) is 9.12. The van der Waals surface area contributed by atoms with E-state index < -0.39 is 17.2 Å². The molecule has 2 heterocycles. The Bertz CT molecular complexity index is 670. The number of esters is 1. The summed E-state index contributed by atoms with van der Waals surface area (Å²) in [7, 11) is 1.38. The second-order valence-corrected chi connectivity index (χ2v) is 8.22. The van der Waals surface area contributed by atoms with Gasteiger partial charge in [0.15, 0.2) is 5.54 Å². The third-order valence-corrected chi connectivity index (χ3v) is 5.08. The molecule has 2 unspecified atom stereocenters. The van der Waals surface area contributed by atoms with Crippen molar-refractivity contribution in [1.82, 2.24) is 9.80 Å². The van der Waals surface area contributed by atoms with Gasteiger partial charge in [0.05, 0.1) is 7.11 Å². The summed E-state index contributed by atoms with van der Waals surface area (Å²) in [6.07, 6.45) is 0.957. The van der Waals surface area contributed by atoms with E-state index in [1.165, 1.54) is 12.7 Å². The first-order valence-corrected chi connectivity index (χ1v) is 9.12. The van der Waals surface area contributed by atoms with E-state index in [-0.39, 0.29) is 12.0 Å². The van der Waals surface area contributed by atoms with Gasteiger partial charge in [-0.15, -0.1) is 0 Å². The third-order valence-electron chi connectivity index (χ3n) is 5.08. The van der Waals surface area contributed by atoms with Crippen LogP contribution < -0.4 is 0 Å². The summed E-state index contributed by atoms with van der Waals surface area (Å²) in [6.45, 7) is 7.45. The molecule has 2 bridgehead atoms. The number of methoxy groups -OCH3 is 1. The zero-order valence-electron chi connectivity index (χ0n) is 16.0. The number of nitrogens with zero attached hydrogens (tertiary/aromatic N) is 2. The highest BCUT2D eigenvalue weighted by Crippen LogP contribution is 2.41. The molecule has 3 rings (SSSR count). The molecule has 1 aromatic carbocycles. The Balaban J connectivity index is 1.85. The van der Waals surface area contributed by atoms with Crippen molar-refractivity contribution >= 4 is 12.1 Å². The minimum atomic E-state index is -0.964. The van der Waals surface area contributed by atoms with E-state index in [1.54, 1.807) is 4.90 Å². The Morgan fingerprint density at radius 2 is 1.92 bits per heavy atom. The van der Waals surface area contributed by atoms with Crippen molar-refractivity contribution in [2.24, 2.45) is 0 Å². The zero-order chi connectivity index (χ0) is 18.9. The normalized spacial score (nSPS) is 25.8. The van der Waals surface area contributed by atoms with E-state index in [0.717, 1.165) is 19.5 Å². The standard InChI is InChI=1S/C20H28N2O4/c1-19(2,3)26-18(24)22-16-10-11-20(22,17(23)25-4)14-21(13-16)12-15-8-6-5-7-9-15/h5-9,16H,10-14H2,1-4H3. The van der Waals surface area contributed by atoms with Crippen LogP contribution in [0, 0.1) is 0 Å². The number of hydrogen-bond donors (Lipinski definition) is 0. The molecule has 6 nitrogen and oxygen atoms in total. The van der Waals surface area contributed by atoms with Crippen LogP contribution >= 0.6 is 0 Å². The van der Waals surface area contributed by atoms with Crippen LogP contribution in [0.2, 0.25) is 0 Å². The van der Waals surface area contributed by atoms with Gasteiger partial charge in [0.1, 0.15) is 5.60 Å². The van der Waals surface area contributed by atoms with Crippen LogP contribution in [0.5, 0.6) is 0 Å². The first-order chi connectivity index (χ1) is 12.2. The first kappa shape index (κ1) is 18.7. The smallest absolute Gasteiger partial charge is 0.411 e. The molecule has 1 amide bonds. The van der Waals surface area contributed by atoms with Crippen LogP contribution in [0.25, 0.3) is 0 Å². The van der Waals surface area contributed by atoms with Gasteiger partial charge >= 0.3 is 12.1 Å². The Hall–Kier alpha value is -2.08. The molecule has 0 spiro atoms. The highest BCUT2D eigenvalue weighted by molar-refractivity contribution is 5.87. The van der Waals surface area contributed by atoms with E-state index in [2.05, 4.69) is 17.0 Å². The third kappa shape index (κ3) is 3.56. The summed E-state index contributed by atoms with van der Waals surface area (Å²) >= 11 is 0. The molecule has 0 saturated carbocycles. The van der Waals surface area contributed by atoms with Crippen LogP contribution in [0.1, 0.15) is 39.2 Å². The lowest BCUT2D eigenvalue weighted by Crippen LogP contribution is -2.67. The molecular formula is C20H28N2O4. The van der Waals surface area contributed by atoms with Crippen molar-refractivity contribution in [2.45, 2.75) is 57.3 Å². The van der Waals surface area contributed by atoms with E-state index >= 15 is 0 Å². The SMILES string of the molecule is COC(=O)C12CCC(CN(Cc3ccccc3)C1)N2C(=O)OC(C)(C)C. The highest BCUT2D eigenvalue weighted by atomic mass is 16.6. The summed E-state index contributed by atoms with van der Waals surface area (Å²) in [5.41, 5.74) is -0.373. The van der Waals surface area contributed by atoms with Gasteiger partial charge in [-0.05, 0) is 39.2 Å².